The van der Waals surface area contributed by atoms with Gasteiger partial charge in [-0.3, -0.25) is 4.79 Å². The van der Waals surface area contributed by atoms with Crippen LogP contribution in [-0.2, 0) is 9.53 Å². The van der Waals surface area contributed by atoms with Crippen molar-refractivity contribution in [2.45, 2.75) is 18.9 Å². The van der Waals surface area contributed by atoms with Gasteiger partial charge in [0.15, 0.2) is 11.5 Å². The van der Waals surface area contributed by atoms with Gasteiger partial charge in [-0.25, -0.2) is 4.79 Å². The summed E-state index contributed by atoms with van der Waals surface area (Å²) in [4.78, 5) is 27.9. The van der Waals surface area contributed by atoms with E-state index in [9.17, 15) is 9.59 Å². The molecule has 0 atom stereocenters. The lowest BCUT2D eigenvalue weighted by atomic mass is 10.2. The fourth-order valence-electron chi connectivity index (χ4n) is 3.48. The lowest BCUT2D eigenvalue weighted by molar-refractivity contribution is -0.129. The van der Waals surface area contributed by atoms with Gasteiger partial charge in [0.1, 0.15) is 10.8 Å². The Morgan fingerprint density at radius 1 is 0.939 bits per heavy atom. The van der Waals surface area contributed by atoms with Crippen LogP contribution in [0.3, 0.4) is 0 Å². The van der Waals surface area contributed by atoms with Crippen LogP contribution in [0.5, 0.6) is 5.75 Å². The molecule has 2 aromatic heterocycles. The first-order valence-electron chi connectivity index (χ1n) is 10.9. The highest BCUT2D eigenvalue weighted by atomic mass is 32.2. The van der Waals surface area contributed by atoms with Crippen molar-refractivity contribution in [3.05, 3.63) is 36.4 Å². The molecule has 174 valence electrons. The topological polar surface area (TPSA) is 102 Å². The number of carbonyl (C=O) groups excluding carboxylic acids is 2. The van der Waals surface area contributed by atoms with Gasteiger partial charge in [-0.05, 0) is 50.2 Å². The number of fused-ring (bicyclic) bond motifs is 1. The third-order valence-electron chi connectivity index (χ3n) is 5.16. The highest BCUT2D eigenvalue weighted by molar-refractivity contribution is 7.99. The van der Waals surface area contributed by atoms with Gasteiger partial charge in [-0.2, -0.15) is 9.61 Å². The molecule has 0 spiro atoms. The summed E-state index contributed by atoms with van der Waals surface area (Å²) in [6.07, 6.45) is -0.325. The number of nitrogens with zero attached hydrogens (tertiary/aromatic N) is 6. The van der Waals surface area contributed by atoms with Crippen molar-refractivity contribution in [1.82, 2.24) is 29.6 Å². The van der Waals surface area contributed by atoms with E-state index in [0.29, 0.717) is 55.9 Å². The first kappa shape index (κ1) is 22.8. The molecule has 10 nitrogen and oxygen atoms in total. The normalized spacial score (nSPS) is 13.9. The first-order chi connectivity index (χ1) is 16.1. The van der Waals surface area contributed by atoms with E-state index >= 15 is 0 Å². The van der Waals surface area contributed by atoms with Gasteiger partial charge in [0.25, 0.3) is 0 Å². The lowest BCUT2D eigenvalue weighted by Crippen LogP contribution is -2.51. The van der Waals surface area contributed by atoms with Gasteiger partial charge in [-0.1, -0.05) is 11.8 Å². The predicted octanol–water partition coefficient (Wildman–Crippen LogP) is 2.58. The van der Waals surface area contributed by atoms with E-state index in [1.165, 1.54) is 11.8 Å². The Morgan fingerprint density at radius 3 is 2.36 bits per heavy atom. The van der Waals surface area contributed by atoms with Crippen LogP contribution in [0.1, 0.15) is 13.8 Å². The Kier molecular flexibility index (Phi) is 7.28. The van der Waals surface area contributed by atoms with Crippen LogP contribution in [0, 0.1) is 0 Å². The molecule has 0 saturated carbocycles. The maximum atomic E-state index is 12.7. The molecule has 0 unspecified atom stereocenters. The average Bonchev–Trinajstić information content (AvgIpc) is 3.27. The van der Waals surface area contributed by atoms with Crippen LogP contribution in [0.2, 0.25) is 0 Å². The number of rotatable bonds is 7. The summed E-state index contributed by atoms with van der Waals surface area (Å²) in [5.41, 5.74) is 1.50. The highest BCUT2D eigenvalue weighted by Gasteiger charge is 2.25. The van der Waals surface area contributed by atoms with E-state index in [1.54, 1.807) is 21.2 Å². The molecule has 2 amide bonds. The van der Waals surface area contributed by atoms with E-state index in [1.807, 2.05) is 43.3 Å². The van der Waals surface area contributed by atoms with Crippen molar-refractivity contribution >= 4 is 29.4 Å². The lowest BCUT2D eigenvalue weighted by Gasteiger charge is -2.34. The molecule has 33 heavy (non-hydrogen) atoms. The largest absolute Gasteiger partial charge is 0.494 e. The highest BCUT2D eigenvalue weighted by Crippen LogP contribution is 2.23. The number of ether oxygens (including phenoxy) is 2. The molecular weight excluding hydrogens is 444 g/mol. The van der Waals surface area contributed by atoms with Gasteiger partial charge in [0.05, 0.1) is 19.0 Å². The molecular formula is C22H26N6O4S. The number of hydrogen-bond acceptors (Lipinski definition) is 8. The van der Waals surface area contributed by atoms with E-state index in [4.69, 9.17) is 9.47 Å². The van der Waals surface area contributed by atoms with Crippen molar-refractivity contribution in [1.29, 1.82) is 0 Å². The van der Waals surface area contributed by atoms with Crippen LogP contribution < -0.4 is 4.74 Å². The van der Waals surface area contributed by atoms with Crippen LogP contribution in [0.15, 0.2) is 41.4 Å². The molecule has 1 saturated heterocycles. The van der Waals surface area contributed by atoms with E-state index in [-0.39, 0.29) is 17.8 Å². The second-order valence-electron chi connectivity index (χ2n) is 7.28. The third kappa shape index (κ3) is 5.36. The second kappa shape index (κ2) is 10.5. The van der Waals surface area contributed by atoms with Crippen LogP contribution in [0.25, 0.3) is 17.0 Å². The Labute approximate surface area is 195 Å². The van der Waals surface area contributed by atoms with Gasteiger partial charge < -0.3 is 19.3 Å². The van der Waals surface area contributed by atoms with E-state index in [2.05, 4.69) is 15.3 Å². The van der Waals surface area contributed by atoms with Crippen LogP contribution in [0.4, 0.5) is 4.79 Å². The standard InChI is InChI=1S/C22H26N6O4S/c1-3-31-17-7-5-16(6-8-17)21-24-23-18-9-10-19(25-28(18)21)33-15-20(29)26-11-13-27(14-12-26)22(30)32-4-2/h5-10H,3-4,11-15H2,1-2H3. The van der Waals surface area contributed by atoms with Crippen molar-refractivity contribution in [2.24, 2.45) is 0 Å². The zero-order valence-electron chi connectivity index (χ0n) is 18.6. The third-order valence-corrected chi connectivity index (χ3v) is 6.07. The molecule has 1 aliphatic heterocycles. The van der Waals surface area contributed by atoms with E-state index < -0.39 is 0 Å². The summed E-state index contributed by atoms with van der Waals surface area (Å²) < 4.78 is 12.2. The quantitative estimate of drug-likeness (QED) is 0.486. The molecule has 0 radical (unpaired) electrons. The summed E-state index contributed by atoms with van der Waals surface area (Å²) >= 11 is 1.36. The van der Waals surface area contributed by atoms with E-state index in [0.717, 1.165) is 11.3 Å². The number of aromatic nitrogens is 4. The van der Waals surface area contributed by atoms with Gasteiger partial charge in [0, 0.05) is 31.7 Å². The zero-order chi connectivity index (χ0) is 23.2. The fourth-order valence-corrected chi connectivity index (χ4v) is 4.23. The summed E-state index contributed by atoms with van der Waals surface area (Å²) in [5.74, 6) is 1.69. The molecule has 0 N–H and O–H groups in total. The predicted molar refractivity (Wildman–Crippen MR) is 123 cm³/mol. The molecule has 0 bridgehead atoms. The van der Waals surface area contributed by atoms with Crippen LogP contribution in [-0.4, -0.2) is 86.8 Å². The monoisotopic (exact) mass is 470 g/mol. The minimum Gasteiger partial charge on any atom is -0.494 e. The number of thioether (sulfide) groups is 1. The first-order valence-corrected chi connectivity index (χ1v) is 11.9. The van der Waals surface area contributed by atoms with Crippen molar-refractivity contribution in [3.63, 3.8) is 0 Å². The fraction of sp³-hybridized carbons (Fsp3) is 0.409. The van der Waals surface area contributed by atoms with Crippen LogP contribution >= 0.6 is 11.8 Å². The Bertz CT molecular complexity index is 1110. The summed E-state index contributed by atoms with van der Waals surface area (Å²) in [7, 11) is 0. The van der Waals surface area contributed by atoms with Gasteiger partial charge >= 0.3 is 6.09 Å². The SMILES string of the molecule is CCOC(=O)N1CCN(C(=O)CSc2ccc3nnc(-c4ccc(OCC)cc4)n3n2)CC1. The number of hydrogen-bond donors (Lipinski definition) is 0. The smallest absolute Gasteiger partial charge is 0.409 e. The minimum absolute atomic E-state index is 0.0147. The zero-order valence-corrected chi connectivity index (χ0v) is 19.5. The number of benzene rings is 1. The Hall–Kier alpha value is -3.34. The Morgan fingerprint density at radius 2 is 1.67 bits per heavy atom. The Balaban J connectivity index is 1.38. The molecule has 4 rings (SSSR count). The average molecular weight is 471 g/mol. The van der Waals surface area contributed by atoms with Gasteiger partial charge in [-0.15, -0.1) is 10.2 Å². The molecule has 1 aromatic carbocycles. The summed E-state index contributed by atoms with van der Waals surface area (Å²) in [5, 5.41) is 13.8. The summed E-state index contributed by atoms with van der Waals surface area (Å²) in [6.45, 7) is 6.62. The molecule has 0 aliphatic carbocycles. The maximum absolute atomic E-state index is 12.7. The van der Waals surface area contributed by atoms with Crippen molar-refractivity contribution in [3.8, 4) is 17.1 Å². The second-order valence-corrected chi connectivity index (χ2v) is 8.27. The maximum Gasteiger partial charge on any atom is 0.409 e. The molecule has 1 aliphatic rings. The summed E-state index contributed by atoms with van der Waals surface area (Å²) in [6, 6.07) is 11.3. The van der Waals surface area contributed by atoms with Crippen molar-refractivity contribution < 1.29 is 19.1 Å². The van der Waals surface area contributed by atoms with Gasteiger partial charge in [0.2, 0.25) is 5.91 Å². The van der Waals surface area contributed by atoms with Crippen molar-refractivity contribution in [2.75, 3.05) is 45.1 Å². The molecule has 3 aromatic rings. The minimum atomic E-state index is -0.325. The number of piperazine rings is 1. The molecule has 1 fully saturated rings. The molecule has 3 heterocycles. The molecule has 11 heteroatoms. The number of amides is 2. The number of carbonyl (C=O) groups is 2.